The summed E-state index contributed by atoms with van der Waals surface area (Å²) in [6.07, 6.45) is 4.57. The van der Waals surface area contributed by atoms with Crippen LogP contribution >= 0.6 is 0 Å². The molecule has 2 heteroatoms. The Hall–Kier alpha value is -1.18. The molecule has 0 spiro atoms. The van der Waals surface area contributed by atoms with Crippen LogP contribution in [0.3, 0.4) is 0 Å². The molecule has 0 amide bonds. The van der Waals surface area contributed by atoms with Crippen molar-refractivity contribution in [1.82, 2.24) is 0 Å². The van der Waals surface area contributed by atoms with Crippen molar-refractivity contribution in [2.45, 2.75) is 52.1 Å². The minimum absolute atomic E-state index is 0.428. The largest absolute Gasteiger partial charge is 0.291 e. The molecular formula is C15H21FO. The van der Waals surface area contributed by atoms with E-state index in [9.17, 15) is 9.18 Å². The Kier molecular flexibility index (Phi) is 5.88. The topological polar surface area (TPSA) is 17.1 Å². The molecule has 0 aliphatic heterocycles. The molecule has 0 radical (unpaired) electrons. The lowest BCUT2D eigenvalue weighted by Gasteiger charge is -2.04. The molecule has 1 rings (SSSR count). The van der Waals surface area contributed by atoms with Crippen molar-refractivity contribution < 1.29 is 9.18 Å². The summed E-state index contributed by atoms with van der Waals surface area (Å²) in [5, 5.41) is 0. The SMILES string of the molecule is CCCCCCc1ccc(C(=O)[C@@H](C)F)cc1. The Morgan fingerprint density at radius 2 is 1.82 bits per heavy atom. The van der Waals surface area contributed by atoms with E-state index >= 15 is 0 Å². The van der Waals surface area contributed by atoms with Gasteiger partial charge in [-0.05, 0) is 25.3 Å². The van der Waals surface area contributed by atoms with Gasteiger partial charge in [0, 0.05) is 5.56 Å². The second kappa shape index (κ2) is 7.21. The number of Topliss-reactive ketones (excluding diaryl/α,β-unsaturated/α-hetero) is 1. The molecular weight excluding hydrogens is 215 g/mol. The van der Waals surface area contributed by atoms with Crippen LogP contribution in [0.2, 0.25) is 0 Å². The Morgan fingerprint density at radius 3 is 2.35 bits per heavy atom. The number of carbonyl (C=O) groups excluding carboxylic acids is 1. The molecule has 1 aromatic rings. The van der Waals surface area contributed by atoms with Gasteiger partial charge in [0.05, 0.1) is 0 Å². The van der Waals surface area contributed by atoms with E-state index in [-0.39, 0.29) is 0 Å². The van der Waals surface area contributed by atoms with Crippen LogP contribution in [-0.2, 0) is 6.42 Å². The summed E-state index contributed by atoms with van der Waals surface area (Å²) in [6.45, 7) is 3.47. The Labute approximate surface area is 103 Å². The maximum absolute atomic E-state index is 12.8. The van der Waals surface area contributed by atoms with Gasteiger partial charge in [0.15, 0.2) is 12.0 Å². The van der Waals surface area contributed by atoms with Crippen LogP contribution in [-0.4, -0.2) is 12.0 Å². The molecule has 0 aliphatic rings. The predicted molar refractivity (Wildman–Crippen MR) is 69.2 cm³/mol. The summed E-state index contributed by atoms with van der Waals surface area (Å²) in [5.74, 6) is -0.428. The zero-order chi connectivity index (χ0) is 12.7. The van der Waals surface area contributed by atoms with Gasteiger partial charge in [-0.3, -0.25) is 4.79 Å². The zero-order valence-corrected chi connectivity index (χ0v) is 10.7. The van der Waals surface area contributed by atoms with Crippen LogP contribution in [0.25, 0.3) is 0 Å². The highest BCUT2D eigenvalue weighted by Gasteiger charge is 2.12. The molecule has 0 saturated heterocycles. The Morgan fingerprint density at radius 1 is 1.18 bits per heavy atom. The van der Waals surface area contributed by atoms with Gasteiger partial charge < -0.3 is 0 Å². The van der Waals surface area contributed by atoms with Crippen molar-refractivity contribution in [1.29, 1.82) is 0 Å². The molecule has 0 fully saturated rings. The van der Waals surface area contributed by atoms with Gasteiger partial charge in [-0.25, -0.2) is 4.39 Å². The van der Waals surface area contributed by atoms with Crippen molar-refractivity contribution in [2.75, 3.05) is 0 Å². The fourth-order valence-electron chi connectivity index (χ4n) is 1.82. The molecule has 0 heterocycles. The standard InChI is InChI=1S/C15H21FO/c1-3-4-5-6-7-13-8-10-14(11-9-13)15(17)12(2)16/h8-12H,3-7H2,1-2H3/t12-/m1/s1. The number of hydrogen-bond donors (Lipinski definition) is 0. The summed E-state index contributed by atoms with van der Waals surface area (Å²) < 4.78 is 12.8. The van der Waals surface area contributed by atoms with E-state index in [0.717, 1.165) is 6.42 Å². The summed E-state index contributed by atoms with van der Waals surface area (Å²) in [5.41, 5.74) is 1.70. The number of rotatable bonds is 7. The summed E-state index contributed by atoms with van der Waals surface area (Å²) in [7, 11) is 0. The monoisotopic (exact) mass is 236 g/mol. The highest BCUT2D eigenvalue weighted by atomic mass is 19.1. The minimum Gasteiger partial charge on any atom is -0.291 e. The lowest BCUT2D eigenvalue weighted by molar-refractivity contribution is 0.0893. The lowest BCUT2D eigenvalue weighted by Crippen LogP contribution is -2.11. The normalized spacial score (nSPS) is 12.4. The van der Waals surface area contributed by atoms with Gasteiger partial charge >= 0.3 is 0 Å². The second-order valence-corrected chi connectivity index (χ2v) is 4.49. The van der Waals surface area contributed by atoms with Gasteiger partial charge in [0.1, 0.15) is 0 Å². The number of unbranched alkanes of at least 4 members (excludes halogenated alkanes) is 3. The van der Waals surface area contributed by atoms with E-state index < -0.39 is 12.0 Å². The first-order chi connectivity index (χ1) is 8.15. The minimum atomic E-state index is -1.41. The molecule has 0 N–H and O–H groups in total. The Balaban J connectivity index is 2.47. The third-order valence-corrected chi connectivity index (χ3v) is 2.92. The predicted octanol–water partition coefficient (Wildman–Crippen LogP) is 4.35. The van der Waals surface area contributed by atoms with E-state index in [1.807, 2.05) is 12.1 Å². The van der Waals surface area contributed by atoms with Crippen molar-refractivity contribution in [3.05, 3.63) is 35.4 Å². The number of hydrogen-bond acceptors (Lipinski definition) is 1. The van der Waals surface area contributed by atoms with E-state index in [1.54, 1.807) is 12.1 Å². The summed E-state index contributed by atoms with van der Waals surface area (Å²) >= 11 is 0. The average molecular weight is 236 g/mol. The van der Waals surface area contributed by atoms with Gasteiger partial charge in [0.2, 0.25) is 0 Å². The first kappa shape index (κ1) is 13.9. The highest BCUT2D eigenvalue weighted by Crippen LogP contribution is 2.11. The Bertz CT molecular complexity index is 340. The second-order valence-electron chi connectivity index (χ2n) is 4.49. The smallest absolute Gasteiger partial charge is 0.196 e. The molecule has 0 aromatic heterocycles. The van der Waals surface area contributed by atoms with Crippen molar-refractivity contribution in [3.8, 4) is 0 Å². The number of aryl methyl sites for hydroxylation is 1. The maximum atomic E-state index is 12.8. The third kappa shape index (κ3) is 4.68. The third-order valence-electron chi connectivity index (χ3n) is 2.92. The van der Waals surface area contributed by atoms with Crippen LogP contribution in [0.4, 0.5) is 4.39 Å². The van der Waals surface area contributed by atoms with E-state index in [0.29, 0.717) is 5.56 Å². The number of halogens is 1. The van der Waals surface area contributed by atoms with E-state index in [1.165, 1.54) is 38.2 Å². The number of benzene rings is 1. The summed E-state index contributed by atoms with van der Waals surface area (Å²) in [4.78, 5) is 11.4. The fraction of sp³-hybridized carbons (Fsp3) is 0.533. The molecule has 17 heavy (non-hydrogen) atoms. The van der Waals surface area contributed by atoms with Gasteiger partial charge in [-0.2, -0.15) is 0 Å². The molecule has 0 unspecified atom stereocenters. The van der Waals surface area contributed by atoms with Crippen LogP contribution in [0.1, 0.15) is 55.5 Å². The first-order valence-electron chi connectivity index (χ1n) is 6.42. The quantitative estimate of drug-likeness (QED) is 0.508. The van der Waals surface area contributed by atoms with Crippen LogP contribution in [0.15, 0.2) is 24.3 Å². The molecule has 94 valence electrons. The van der Waals surface area contributed by atoms with E-state index in [2.05, 4.69) is 6.92 Å². The molecule has 1 nitrogen and oxygen atoms in total. The van der Waals surface area contributed by atoms with E-state index in [4.69, 9.17) is 0 Å². The van der Waals surface area contributed by atoms with Crippen LogP contribution < -0.4 is 0 Å². The number of ketones is 1. The van der Waals surface area contributed by atoms with Crippen molar-refractivity contribution >= 4 is 5.78 Å². The molecule has 0 aliphatic carbocycles. The van der Waals surface area contributed by atoms with Crippen LogP contribution in [0, 0.1) is 0 Å². The van der Waals surface area contributed by atoms with Gasteiger partial charge in [-0.15, -0.1) is 0 Å². The van der Waals surface area contributed by atoms with Gasteiger partial charge in [0.25, 0.3) is 0 Å². The maximum Gasteiger partial charge on any atom is 0.196 e. The molecule has 0 saturated carbocycles. The van der Waals surface area contributed by atoms with Gasteiger partial charge in [-0.1, -0.05) is 50.5 Å². The van der Waals surface area contributed by atoms with Crippen molar-refractivity contribution in [3.63, 3.8) is 0 Å². The molecule has 0 bridgehead atoms. The van der Waals surface area contributed by atoms with Crippen LogP contribution in [0.5, 0.6) is 0 Å². The number of carbonyl (C=O) groups is 1. The summed E-state index contributed by atoms with van der Waals surface area (Å²) in [6, 6.07) is 7.32. The fourth-order valence-corrected chi connectivity index (χ4v) is 1.82. The average Bonchev–Trinajstić information content (AvgIpc) is 2.34. The number of alkyl halides is 1. The highest BCUT2D eigenvalue weighted by molar-refractivity contribution is 5.99. The lowest BCUT2D eigenvalue weighted by atomic mass is 10.0. The molecule has 1 atom stereocenters. The van der Waals surface area contributed by atoms with Crippen molar-refractivity contribution in [2.24, 2.45) is 0 Å². The molecule has 1 aromatic carbocycles. The zero-order valence-electron chi connectivity index (χ0n) is 10.7. The first-order valence-corrected chi connectivity index (χ1v) is 6.42.